The Balaban J connectivity index is 2.01. The number of fused-ring (bicyclic) bond motifs is 1. The molecule has 2 aromatic heterocycles. The molecule has 0 aliphatic carbocycles. The fourth-order valence-corrected chi connectivity index (χ4v) is 3.66. The summed E-state index contributed by atoms with van der Waals surface area (Å²) in [6.07, 6.45) is 3.27. The summed E-state index contributed by atoms with van der Waals surface area (Å²) in [6.45, 7) is 5.60. The summed E-state index contributed by atoms with van der Waals surface area (Å²) in [5.74, 6) is 1.16. The maximum absolute atomic E-state index is 12.8. The number of hydrogen-bond donors (Lipinski definition) is 0. The molecule has 0 saturated heterocycles. The van der Waals surface area contributed by atoms with Crippen molar-refractivity contribution in [2.24, 2.45) is 0 Å². The molecule has 0 aliphatic heterocycles. The van der Waals surface area contributed by atoms with E-state index in [1.165, 1.54) is 18.7 Å². The average molecular weight is 381 g/mol. The summed E-state index contributed by atoms with van der Waals surface area (Å²) in [6, 6.07) is 8.75. The first kappa shape index (κ1) is 18.8. The summed E-state index contributed by atoms with van der Waals surface area (Å²) < 4.78 is 6.97. The van der Waals surface area contributed by atoms with E-state index >= 15 is 0 Å². The number of allylic oxidation sites excluding steroid dienone is 1. The van der Waals surface area contributed by atoms with Crippen LogP contribution in [-0.4, -0.2) is 27.4 Å². The van der Waals surface area contributed by atoms with Gasteiger partial charge in [-0.2, -0.15) is 0 Å². The molecular weight excluding hydrogens is 362 g/mol. The van der Waals surface area contributed by atoms with Crippen molar-refractivity contribution >= 4 is 28.6 Å². The first-order valence-corrected chi connectivity index (χ1v) is 9.30. The molecule has 0 radical (unpaired) electrons. The third-order valence-corrected chi connectivity index (χ3v) is 5.08. The molecule has 27 heavy (non-hydrogen) atoms. The van der Waals surface area contributed by atoms with Crippen LogP contribution in [0.3, 0.4) is 0 Å². The van der Waals surface area contributed by atoms with Gasteiger partial charge in [-0.05, 0) is 37.3 Å². The number of ether oxygens (including phenoxy) is 1. The molecule has 6 nitrogen and oxygen atoms in total. The van der Waals surface area contributed by atoms with Gasteiger partial charge in [0.1, 0.15) is 5.75 Å². The van der Waals surface area contributed by atoms with E-state index in [0.717, 1.165) is 5.56 Å². The highest BCUT2D eigenvalue weighted by molar-refractivity contribution is 7.98. The van der Waals surface area contributed by atoms with Gasteiger partial charge in [0, 0.05) is 29.6 Å². The van der Waals surface area contributed by atoms with Crippen molar-refractivity contribution < 1.29 is 9.53 Å². The molecule has 0 bridgehead atoms. The number of hydrogen-bond acceptors (Lipinski definition) is 6. The molecule has 0 spiro atoms. The summed E-state index contributed by atoms with van der Waals surface area (Å²) in [4.78, 5) is 33.2. The number of Topliss-reactive ketones (excluding diaryl/α,β-unsaturated/α-hetero) is 1. The Morgan fingerprint density at radius 1 is 1.37 bits per heavy atom. The molecule has 3 rings (SSSR count). The number of rotatable bonds is 7. The van der Waals surface area contributed by atoms with Gasteiger partial charge in [0.15, 0.2) is 16.6 Å². The zero-order valence-corrected chi connectivity index (χ0v) is 16.0. The van der Waals surface area contributed by atoms with Gasteiger partial charge in [0.25, 0.3) is 5.56 Å². The Kier molecular flexibility index (Phi) is 5.71. The zero-order chi connectivity index (χ0) is 19.4. The molecular formula is C20H19N3O3S. The summed E-state index contributed by atoms with van der Waals surface area (Å²) in [5, 5.41) is 1.02. The Morgan fingerprint density at radius 2 is 2.19 bits per heavy atom. The van der Waals surface area contributed by atoms with Crippen LogP contribution >= 0.6 is 11.8 Å². The Hall–Kier alpha value is -2.93. The smallest absolute Gasteiger partial charge is 0.263 e. The van der Waals surface area contributed by atoms with E-state index in [1.54, 1.807) is 48.2 Å². The first-order valence-electron chi connectivity index (χ1n) is 8.32. The van der Waals surface area contributed by atoms with Gasteiger partial charge in [0.05, 0.1) is 12.5 Å². The molecule has 0 atom stereocenters. The lowest BCUT2D eigenvalue weighted by molar-refractivity contribution is 0.101. The van der Waals surface area contributed by atoms with E-state index in [-0.39, 0.29) is 11.3 Å². The standard InChI is InChI=1S/C20H19N3O3S/c1-4-10-23-19(25)16-6-5-9-21-18(16)22-20(23)27-12-15-11-14(13(2)24)7-8-17(15)26-3/h4-9,11H,1,10,12H2,2-3H3. The van der Waals surface area contributed by atoms with Crippen LogP contribution in [0.5, 0.6) is 5.75 Å². The van der Waals surface area contributed by atoms with E-state index in [4.69, 9.17) is 4.74 Å². The molecule has 138 valence electrons. The third-order valence-electron chi connectivity index (χ3n) is 4.05. The summed E-state index contributed by atoms with van der Waals surface area (Å²) in [5.41, 5.74) is 1.73. The minimum atomic E-state index is -0.153. The highest BCUT2D eigenvalue weighted by atomic mass is 32.2. The average Bonchev–Trinajstić information content (AvgIpc) is 2.68. The lowest BCUT2D eigenvalue weighted by atomic mass is 10.1. The van der Waals surface area contributed by atoms with Crippen molar-refractivity contribution in [1.82, 2.24) is 14.5 Å². The van der Waals surface area contributed by atoms with Crippen molar-refractivity contribution in [3.63, 3.8) is 0 Å². The van der Waals surface area contributed by atoms with Gasteiger partial charge in [-0.25, -0.2) is 9.97 Å². The maximum atomic E-state index is 12.8. The normalized spacial score (nSPS) is 10.7. The minimum Gasteiger partial charge on any atom is -0.496 e. The molecule has 3 aromatic rings. The van der Waals surface area contributed by atoms with Gasteiger partial charge >= 0.3 is 0 Å². The SMILES string of the molecule is C=CCn1c(SCc2cc(C(C)=O)ccc2OC)nc2ncccc2c1=O. The number of aromatic nitrogens is 3. The van der Waals surface area contributed by atoms with E-state index in [9.17, 15) is 9.59 Å². The Labute approximate surface area is 160 Å². The number of benzene rings is 1. The summed E-state index contributed by atoms with van der Waals surface area (Å²) in [7, 11) is 1.59. The molecule has 0 amide bonds. The van der Waals surface area contributed by atoms with Crippen molar-refractivity contribution in [2.75, 3.05) is 7.11 Å². The van der Waals surface area contributed by atoms with Gasteiger partial charge in [-0.15, -0.1) is 6.58 Å². The predicted octanol–water partition coefficient (Wildman–Crippen LogP) is 3.48. The molecule has 0 N–H and O–H groups in total. The maximum Gasteiger partial charge on any atom is 0.263 e. The van der Waals surface area contributed by atoms with Crippen LogP contribution in [0.25, 0.3) is 11.0 Å². The van der Waals surface area contributed by atoms with E-state index in [0.29, 0.717) is 39.8 Å². The Bertz CT molecular complexity index is 1080. The van der Waals surface area contributed by atoms with Crippen LogP contribution in [0.4, 0.5) is 0 Å². The third kappa shape index (κ3) is 3.93. The summed E-state index contributed by atoms with van der Waals surface area (Å²) >= 11 is 1.39. The topological polar surface area (TPSA) is 74.1 Å². The molecule has 0 fully saturated rings. The van der Waals surface area contributed by atoms with Crippen LogP contribution in [0.1, 0.15) is 22.8 Å². The lowest BCUT2D eigenvalue weighted by Gasteiger charge is -2.13. The number of ketones is 1. The molecule has 2 heterocycles. The predicted molar refractivity (Wildman–Crippen MR) is 107 cm³/mol. The number of nitrogens with zero attached hydrogens (tertiary/aromatic N) is 3. The van der Waals surface area contributed by atoms with E-state index in [1.807, 2.05) is 6.07 Å². The molecule has 1 aromatic carbocycles. The van der Waals surface area contributed by atoms with Gasteiger partial charge in [0.2, 0.25) is 0 Å². The zero-order valence-electron chi connectivity index (χ0n) is 15.1. The molecule has 0 saturated carbocycles. The number of methoxy groups -OCH3 is 1. The van der Waals surface area contributed by atoms with Crippen molar-refractivity contribution in [3.05, 3.63) is 70.7 Å². The highest BCUT2D eigenvalue weighted by Crippen LogP contribution is 2.28. The van der Waals surface area contributed by atoms with Crippen molar-refractivity contribution in [2.45, 2.75) is 24.4 Å². The van der Waals surface area contributed by atoms with Crippen LogP contribution in [0.15, 0.2) is 59.1 Å². The molecule has 7 heteroatoms. The van der Waals surface area contributed by atoms with Gasteiger partial charge in [-0.3, -0.25) is 14.2 Å². The number of thioether (sulfide) groups is 1. The molecule has 0 aliphatic rings. The van der Waals surface area contributed by atoms with E-state index in [2.05, 4.69) is 16.5 Å². The van der Waals surface area contributed by atoms with Crippen LogP contribution in [-0.2, 0) is 12.3 Å². The van der Waals surface area contributed by atoms with E-state index < -0.39 is 0 Å². The second-order valence-electron chi connectivity index (χ2n) is 5.84. The Morgan fingerprint density at radius 3 is 2.89 bits per heavy atom. The van der Waals surface area contributed by atoms with Crippen LogP contribution < -0.4 is 10.3 Å². The number of pyridine rings is 1. The van der Waals surface area contributed by atoms with Gasteiger partial charge < -0.3 is 4.74 Å². The number of carbonyl (C=O) groups is 1. The highest BCUT2D eigenvalue weighted by Gasteiger charge is 2.14. The second kappa shape index (κ2) is 8.18. The number of carbonyl (C=O) groups excluding carboxylic acids is 1. The first-order chi connectivity index (χ1) is 13.0. The lowest BCUT2D eigenvalue weighted by Crippen LogP contribution is -2.23. The monoisotopic (exact) mass is 381 g/mol. The second-order valence-corrected chi connectivity index (χ2v) is 6.79. The van der Waals surface area contributed by atoms with Crippen LogP contribution in [0.2, 0.25) is 0 Å². The fourth-order valence-electron chi connectivity index (χ4n) is 2.69. The van der Waals surface area contributed by atoms with Gasteiger partial charge in [-0.1, -0.05) is 17.8 Å². The van der Waals surface area contributed by atoms with Crippen molar-refractivity contribution in [3.8, 4) is 5.75 Å². The minimum absolute atomic E-state index is 0.0134. The fraction of sp³-hybridized carbons (Fsp3) is 0.200. The molecule has 0 unspecified atom stereocenters. The largest absolute Gasteiger partial charge is 0.496 e. The van der Waals surface area contributed by atoms with Crippen molar-refractivity contribution in [1.29, 1.82) is 0 Å². The quantitative estimate of drug-likeness (QED) is 0.270. The van der Waals surface area contributed by atoms with Crippen LogP contribution in [0, 0.1) is 0 Å².